The number of ether oxygens (including phenoxy) is 1. The van der Waals surface area contributed by atoms with Crippen molar-refractivity contribution >= 4 is 0 Å². The molecule has 1 aliphatic heterocycles. The quantitative estimate of drug-likeness (QED) is 0.850. The highest BCUT2D eigenvalue weighted by Gasteiger charge is 2.29. The Kier molecular flexibility index (Phi) is 3.22. The summed E-state index contributed by atoms with van der Waals surface area (Å²) in [6.45, 7) is 4.07. The molecule has 0 saturated carbocycles. The largest absolute Gasteiger partial charge is 0.485 e. The third kappa shape index (κ3) is 2.29. The molecule has 3 heteroatoms. The second-order valence-corrected chi connectivity index (χ2v) is 5.40. The summed E-state index contributed by atoms with van der Waals surface area (Å²) in [6, 6.07) is 10.5. The lowest BCUT2D eigenvalue weighted by molar-refractivity contribution is 0.0650. The van der Waals surface area contributed by atoms with E-state index in [1.165, 1.54) is 12.1 Å². The van der Waals surface area contributed by atoms with Crippen LogP contribution < -0.4 is 4.74 Å². The maximum absolute atomic E-state index is 13.2. The van der Waals surface area contributed by atoms with Gasteiger partial charge in [0.25, 0.3) is 0 Å². The zero-order valence-electron chi connectivity index (χ0n) is 11.6. The number of hydrogen-bond donors (Lipinski definition) is 1. The molecule has 0 saturated heterocycles. The van der Waals surface area contributed by atoms with Crippen molar-refractivity contribution in [2.24, 2.45) is 0 Å². The highest BCUT2D eigenvalue weighted by molar-refractivity contribution is 5.40. The molecule has 0 fully saturated rings. The van der Waals surface area contributed by atoms with Crippen LogP contribution >= 0.6 is 0 Å². The van der Waals surface area contributed by atoms with Gasteiger partial charge in [0.1, 0.15) is 17.7 Å². The molecule has 2 aromatic rings. The Labute approximate surface area is 117 Å². The summed E-state index contributed by atoms with van der Waals surface area (Å²) >= 11 is 0. The third-order valence-corrected chi connectivity index (χ3v) is 3.82. The Morgan fingerprint density at radius 1 is 1.10 bits per heavy atom. The summed E-state index contributed by atoms with van der Waals surface area (Å²) in [5.41, 5.74) is 3.91. The fourth-order valence-corrected chi connectivity index (χ4v) is 2.72. The molecule has 0 spiro atoms. The minimum absolute atomic E-state index is 0.192. The topological polar surface area (TPSA) is 29.5 Å². The fourth-order valence-electron chi connectivity index (χ4n) is 2.72. The molecule has 0 aliphatic carbocycles. The maximum Gasteiger partial charge on any atom is 0.127 e. The first kappa shape index (κ1) is 13.1. The Hall–Kier alpha value is -1.87. The zero-order valence-corrected chi connectivity index (χ0v) is 11.6. The van der Waals surface area contributed by atoms with Gasteiger partial charge in [0.2, 0.25) is 0 Å². The molecule has 2 nitrogen and oxygen atoms in total. The smallest absolute Gasteiger partial charge is 0.127 e. The van der Waals surface area contributed by atoms with Crippen LogP contribution in [0.4, 0.5) is 4.39 Å². The first-order valence-electron chi connectivity index (χ1n) is 6.76. The highest BCUT2D eigenvalue weighted by atomic mass is 19.1. The molecule has 104 valence electrons. The number of halogens is 1. The van der Waals surface area contributed by atoms with Gasteiger partial charge >= 0.3 is 0 Å². The van der Waals surface area contributed by atoms with E-state index >= 15 is 0 Å². The Balaban J connectivity index is 1.99. The number of aliphatic hydroxyl groups is 1. The summed E-state index contributed by atoms with van der Waals surface area (Å²) < 4.78 is 19.2. The first-order chi connectivity index (χ1) is 9.54. The molecule has 0 amide bonds. The third-order valence-electron chi connectivity index (χ3n) is 3.82. The van der Waals surface area contributed by atoms with Gasteiger partial charge in [0.15, 0.2) is 0 Å². The van der Waals surface area contributed by atoms with Crippen LogP contribution in [-0.2, 0) is 0 Å². The van der Waals surface area contributed by atoms with Crippen LogP contribution in [-0.4, -0.2) is 5.11 Å². The fraction of sp³-hybridized carbons (Fsp3) is 0.294. The average Bonchev–Trinajstić information content (AvgIpc) is 2.42. The van der Waals surface area contributed by atoms with Crippen molar-refractivity contribution < 1.29 is 14.2 Å². The lowest BCUT2D eigenvalue weighted by atomic mass is 9.92. The number of rotatable bonds is 1. The molecule has 2 atom stereocenters. The van der Waals surface area contributed by atoms with Crippen LogP contribution in [0.3, 0.4) is 0 Å². The first-order valence-corrected chi connectivity index (χ1v) is 6.76. The molecule has 0 aromatic heterocycles. The number of aliphatic hydroxyl groups excluding tert-OH is 1. The van der Waals surface area contributed by atoms with Gasteiger partial charge < -0.3 is 9.84 Å². The summed E-state index contributed by atoms with van der Waals surface area (Å²) in [7, 11) is 0. The molecular formula is C17H17FO2. The van der Waals surface area contributed by atoms with Gasteiger partial charge in [-0.2, -0.15) is 0 Å². The predicted molar refractivity (Wildman–Crippen MR) is 75.3 cm³/mol. The lowest BCUT2D eigenvalue weighted by Crippen LogP contribution is -2.20. The second-order valence-electron chi connectivity index (χ2n) is 5.40. The molecule has 1 N–H and O–H groups in total. The van der Waals surface area contributed by atoms with Gasteiger partial charge in [-0.05, 0) is 43.2 Å². The molecular weight excluding hydrogens is 255 g/mol. The van der Waals surface area contributed by atoms with E-state index < -0.39 is 6.10 Å². The van der Waals surface area contributed by atoms with Crippen molar-refractivity contribution in [2.75, 3.05) is 0 Å². The Morgan fingerprint density at radius 3 is 2.70 bits per heavy atom. The molecule has 2 unspecified atom stereocenters. The highest BCUT2D eigenvalue weighted by Crippen LogP contribution is 2.41. The number of aryl methyl sites for hydroxylation is 2. The molecule has 1 aliphatic rings. The number of benzene rings is 2. The van der Waals surface area contributed by atoms with Crippen LogP contribution in [0.5, 0.6) is 5.75 Å². The van der Waals surface area contributed by atoms with Crippen LogP contribution in [0, 0.1) is 19.7 Å². The molecule has 1 heterocycles. The van der Waals surface area contributed by atoms with Crippen molar-refractivity contribution in [2.45, 2.75) is 32.5 Å². The standard InChI is InChI=1S/C17H17FO2/c1-10-3-4-11(2)13(7-10)17-9-15(19)14-8-12(18)5-6-16(14)20-17/h3-8,15,17,19H,9H2,1-2H3. The van der Waals surface area contributed by atoms with E-state index in [2.05, 4.69) is 18.2 Å². The van der Waals surface area contributed by atoms with Crippen molar-refractivity contribution in [3.8, 4) is 5.75 Å². The van der Waals surface area contributed by atoms with Gasteiger partial charge in [0.05, 0.1) is 6.10 Å². The van der Waals surface area contributed by atoms with Crippen molar-refractivity contribution in [1.82, 2.24) is 0 Å². The minimum atomic E-state index is -0.695. The summed E-state index contributed by atoms with van der Waals surface area (Å²) in [5, 5.41) is 10.2. The molecule has 2 aromatic carbocycles. The van der Waals surface area contributed by atoms with E-state index in [1.807, 2.05) is 13.8 Å². The van der Waals surface area contributed by atoms with E-state index in [0.29, 0.717) is 17.7 Å². The lowest BCUT2D eigenvalue weighted by Gasteiger charge is -2.31. The summed E-state index contributed by atoms with van der Waals surface area (Å²) in [5.74, 6) is 0.215. The Bertz CT molecular complexity index is 651. The van der Waals surface area contributed by atoms with Gasteiger partial charge in [-0.3, -0.25) is 0 Å². The second kappa shape index (κ2) is 4.91. The number of hydrogen-bond acceptors (Lipinski definition) is 2. The average molecular weight is 272 g/mol. The van der Waals surface area contributed by atoms with E-state index in [-0.39, 0.29) is 11.9 Å². The summed E-state index contributed by atoms with van der Waals surface area (Å²) in [4.78, 5) is 0. The normalized spacial score (nSPS) is 21.2. The van der Waals surface area contributed by atoms with Gasteiger partial charge in [-0.1, -0.05) is 23.8 Å². The molecule has 20 heavy (non-hydrogen) atoms. The van der Waals surface area contributed by atoms with E-state index in [0.717, 1.165) is 16.7 Å². The van der Waals surface area contributed by atoms with Gasteiger partial charge in [-0.15, -0.1) is 0 Å². The van der Waals surface area contributed by atoms with Crippen LogP contribution in [0.25, 0.3) is 0 Å². The van der Waals surface area contributed by atoms with Crippen molar-refractivity contribution in [3.63, 3.8) is 0 Å². The SMILES string of the molecule is Cc1ccc(C)c(C2CC(O)c3cc(F)ccc3O2)c1. The number of fused-ring (bicyclic) bond motifs is 1. The van der Waals surface area contributed by atoms with E-state index in [1.54, 1.807) is 6.07 Å². The van der Waals surface area contributed by atoms with E-state index in [4.69, 9.17) is 4.74 Å². The maximum atomic E-state index is 13.2. The Morgan fingerprint density at radius 2 is 1.90 bits per heavy atom. The van der Waals surface area contributed by atoms with Crippen molar-refractivity contribution in [1.29, 1.82) is 0 Å². The van der Waals surface area contributed by atoms with Crippen LogP contribution in [0.2, 0.25) is 0 Å². The van der Waals surface area contributed by atoms with Gasteiger partial charge in [-0.25, -0.2) is 4.39 Å². The van der Waals surface area contributed by atoms with Gasteiger partial charge in [0, 0.05) is 12.0 Å². The monoisotopic (exact) mass is 272 g/mol. The summed E-state index contributed by atoms with van der Waals surface area (Å²) in [6.07, 6.45) is -0.442. The van der Waals surface area contributed by atoms with Crippen molar-refractivity contribution in [3.05, 3.63) is 64.5 Å². The minimum Gasteiger partial charge on any atom is -0.485 e. The van der Waals surface area contributed by atoms with E-state index in [9.17, 15) is 9.50 Å². The molecule has 0 bridgehead atoms. The van der Waals surface area contributed by atoms with Crippen LogP contribution in [0.15, 0.2) is 36.4 Å². The zero-order chi connectivity index (χ0) is 14.3. The molecule has 0 radical (unpaired) electrons. The molecule has 3 rings (SSSR count). The van der Waals surface area contributed by atoms with Crippen LogP contribution in [0.1, 0.15) is 40.9 Å². The predicted octanol–water partition coefficient (Wildman–Crippen LogP) is 4.00.